The van der Waals surface area contributed by atoms with Crippen molar-refractivity contribution in [3.05, 3.63) is 52.9 Å². The third-order valence-corrected chi connectivity index (χ3v) is 5.21. The van der Waals surface area contributed by atoms with E-state index in [4.69, 9.17) is 4.52 Å². The third kappa shape index (κ3) is 8.07. The zero-order valence-corrected chi connectivity index (χ0v) is 19.3. The maximum Gasteiger partial charge on any atom is 0.251 e. The molecule has 170 valence electrons. The summed E-state index contributed by atoms with van der Waals surface area (Å²) in [4.78, 5) is 16.8. The number of hydrogen-bond acceptors (Lipinski definition) is 4. The first-order chi connectivity index (χ1) is 15.1. The number of carbonyl (C=O) groups excluding carboxylic acids is 1. The molecule has 1 aromatic carbocycles. The largest absolute Gasteiger partial charge is 0.359 e. The van der Waals surface area contributed by atoms with Crippen molar-refractivity contribution in [2.24, 2.45) is 4.99 Å². The second-order valence-electron chi connectivity index (χ2n) is 7.59. The van der Waals surface area contributed by atoms with E-state index >= 15 is 0 Å². The van der Waals surface area contributed by atoms with E-state index in [-0.39, 0.29) is 5.91 Å². The van der Waals surface area contributed by atoms with E-state index < -0.39 is 0 Å². The number of guanidine groups is 1. The number of amides is 1. The SMILES string of the molecule is CCCCNC(=O)c1ccc(CN=C(NCC)NCc2cc(C(CC)CC)no2)cc1. The minimum absolute atomic E-state index is 0.0293. The first kappa shape index (κ1) is 24.4. The van der Waals surface area contributed by atoms with Crippen LogP contribution < -0.4 is 16.0 Å². The van der Waals surface area contributed by atoms with Gasteiger partial charge in [0.25, 0.3) is 5.91 Å². The molecule has 0 aliphatic heterocycles. The van der Waals surface area contributed by atoms with Gasteiger partial charge in [0.15, 0.2) is 11.7 Å². The molecule has 0 bridgehead atoms. The van der Waals surface area contributed by atoms with Crippen LogP contribution in [0.5, 0.6) is 0 Å². The minimum atomic E-state index is -0.0293. The van der Waals surface area contributed by atoms with Crippen LogP contribution in [0.3, 0.4) is 0 Å². The molecule has 0 radical (unpaired) electrons. The van der Waals surface area contributed by atoms with Gasteiger partial charge in [0.1, 0.15) is 0 Å². The molecule has 0 atom stereocenters. The molecule has 0 aliphatic rings. The first-order valence-electron chi connectivity index (χ1n) is 11.5. The molecule has 2 aromatic rings. The fourth-order valence-electron chi connectivity index (χ4n) is 3.24. The van der Waals surface area contributed by atoms with Crippen LogP contribution in [0.25, 0.3) is 0 Å². The molecule has 1 aromatic heterocycles. The average molecular weight is 428 g/mol. The lowest BCUT2D eigenvalue weighted by molar-refractivity contribution is 0.0953. The van der Waals surface area contributed by atoms with Gasteiger partial charge in [-0.05, 0) is 43.9 Å². The van der Waals surface area contributed by atoms with E-state index in [1.54, 1.807) is 0 Å². The maximum absolute atomic E-state index is 12.1. The van der Waals surface area contributed by atoms with E-state index in [1.807, 2.05) is 37.3 Å². The Morgan fingerprint density at radius 3 is 2.45 bits per heavy atom. The smallest absolute Gasteiger partial charge is 0.251 e. The van der Waals surface area contributed by atoms with Gasteiger partial charge in [-0.1, -0.05) is 44.5 Å². The van der Waals surface area contributed by atoms with Crippen LogP contribution in [-0.4, -0.2) is 30.1 Å². The highest BCUT2D eigenvalue weighted by atomic mass is 16.5. The zero-order chi connectivity index (χ0) is 22.5. The third-order valence-electron chi connectivity index (χ3n) is 5.21. The highest BCUT2D eigenvalue weighted by Crippen LogP contribution is 2.22. The molecule has 3 N–H and O–H groups in total. The zero-order valence-electron chi connectivity index (χ0n) is 19.3. The van der Waals surface area contributed by atoms with Gasteiger partial charge < -0.3 is 20.5 Å². The highest BCUT2D eigenvalue weighted by Gasteiger charge is 2.13. The number of nitrogens with zero attached hydrogens (tertiary/aromatic N) is 2. The average Bonchev–Trinajstić information content (AvgIpc) is 3.25. The second kappa shape index (κ2) is 13.5. The summed E-state index contributed by atoms with van der Waals surface area (Å²) in [6.45, 7) is 11.0. The normalized spacial score (nSPS) is 11.6. The Balaban J connectivity index is 1.91. The lowest BCUT2D eigenvalue weighted by atomic mass is 9.99. The van der Waals surface area contributed by atoms with Crippen LogP contribution >= 0.6 is 0 Å². The van der Waals surface area contributed by atoms with Crippen molar-refractivity contribution in [2.45, 2.75) is 72.4 Å². The molecule has 7 nitrogen and oxygen atoms in total. The number of hydrogen-bond donors (Lipinski definition) is 3. The summed E-state index contributed by atoms with van der Waals surface area (Å²) < 4.78 is 5.48. The monoisotopic (exact) mass is 427 g/mol. The summed E-state index contributed by atoms with van der Waals surface area (Å²) in [7, 11) is 0. The molecule has 31 heavy (non-hydrogen) atoms. The topological polar surface area (TPSA) is 91.5 Å². The minimum Gasteiger partial charge on any atom is -0.359 e. The van der Waals surface area contributed by atoms with Crippen molar-refractivity contribution in [1.29, 1.82) is 0 Å². The van der Waals surface area contributed by atoms with Gasteiger partial charge in [-0.25, -0.2) is 4.99 Å². The van der Waals surface area contributed by atoms with Crippen molar-refractivity contribution < 1.29 is 9.32 Å². The molecular weight excluding hydrogens is 390 g/mol. The van der Waals surface area contributed by atoms with Crippen molar-refractivity contribution in [3.8, 4) is 0 Å². The number of aliphatic imine (C=N–C) groups is 1. The van der Waals surface area contributed by atoms with Crippen LogP contribution in [0, 0.1) is 0 Å². The summed E-state index contributed by atoms with van der Waals surface area (Å²) in [6, 6.07) is 9.61. The number of benzene rings is 1. The quantitative estimate of drug-likeness (QED) is 0.266. The molecule has 0 aliphatic carbocycles. The van der Waals surface area contributed by atoms with E-state index in [1.165, 1.54) is 0 Å². The predicted octanol–water partition coefficient (Wildman–Crippen LogP) is 4.36. The van der Waals surface area contributed by atoms with Gasteiger partial charge in [0.2, 0.25) is 0 Å². The summed E-state index contributed by atoms with van der Waals surface area (Å²) in [6.07, 6.45) is 4.17. The summed E-state index contributed by atoms with van der Waals surface area (Å²) in [5.41, 5.74) is 2.73. The lowest BCUT2D eigenvalue weighted by Gasteiger charge is -2.10. The van der Waals surface area contributed by atoms with Crippen molar-refractivity contribution in [2.75, 3.05) is 13.1 Å². The molecule has 1 amide bonds. The Morgan fingerprint density at radius 2 is 1.81 bits per heavy atom. The van der Waals surface area contributed by atoms with Crippen LogP contribution in [0.4, 0.5) is 0 Å². The van der Waals surface area contributed by atoms with Gasteiger partial charge in [-0.3, -0.25) is 4.79 Å². The fourth-order valence-corrected chi connectivity index (χ4v) is 3.24. The van der Waals surface area contributed by atoms with Gasteiger partial charge in [0.05, 0.1) is 18.8 Å². The van der Waals surface area contributed by atoms with Crippen LogP contribution in [0.15, 0.2) is 39.8 Å². The van der Waals surface area contributed by atoms with Gasteiger partial charge >= 0.3 is 0 Å². The van der Waals surface area contributed by atoms with Crippen LogP contribution in [0.2, 0.25) is 0 Å². The summed E-state index contributed by atoms with van der Waals surface area (Å²) in [5, 5.41) is 13.7. The van der Waals surface area contributed by atoms with Crippen LogP contribution in [-0.2, 0) is 13.1 Å². The van der Waals surface area contributed by atoms with Gasteiger partial charge in [0, 0.05) is 30.6 Å². The van der Waals surface area contributed by atoms with E-state index in [2.05, 4.69) is 46.9 Å². The Hall–Kier alpha value is -2.83. The highest BCUT2D eigenvalue weighted by molar-refractivity contribution is 5.94. The van der Waals surface area contributed by atoms with Gasteiger partial charge in [-0.2, -0.15) is 0 Å². The molecule has 0 unspecified atom stereocenters. The second-order valence-corrected chi connectivity index (χ2v) is 7.59. The summed E-state index contributed by atoms with van der Waals surface area (Å²) >= 11 is 0. The van der Waals surface area contributed by atoms with E-state index in [0.29, 0.717) is 37.1 Å². The fraction of sp³-hybridized carbons (Fsp3) is 0.542. The number of unbranched alkanes of at least 4 members (excludes halogenated alkanes) is 1. The van der Waals surface area contributed by atoms with Crippen molar-refractivity contribution >= 4 is 11.9 Å². The molecule has 2 rings (SSSR count). The molecule has 0 saturated heterocycles. The Bertz CT molecular complexity index is 810. The van der Waals surface area contributed by atoms with Crippen molar-refractivity contribution in [1.82, 2.24) is 21.1 Å². The van der Waals surface area contributed by atoms with Crippen molar-refractivity contribution in [3.63, 3.8) is 0 Å². The maximum atomic E-state index is 12.1. The standard InChI is InChI=1S/C24H37N5O2/c1-5-9-14-26-23(30)20-12-10-18(11-13-20)16-27-24(25-8-4)28-17-21-15-22(29-31-21)19(6-2)7-3/h10-13,15,19H,5-9,14,16-17H2,1-4H3,(H,26,30)(H2,25,27,28). The Kier molecular flexibility index (Phi) is 10.6. The number of carbonyl (C=O) groups is 1. The molecule has 1 heterocycles. The van der Waals surface area contributed by atoms with E-state index in [0.717, 1.165) is 49.2 Å². The molecule has 0 spiro atoms. The van der Waals surface area contributed by atoms with Gasteiger partial charge in [-0.15, -0.1) is 0 Å². The molecular formula is C24H37N5O2. The number of aromatic nitrogens is 1. The van der Waals surface area contributed by atoms with E-state index in [9.17, 15) is 4.79 Å². The number of nitrogens with one attached hydrogen (secondary N) is 3. The van der Waals surface area contributed by atoms with Crippen LogP contribution in [0.1, 0.15) is 86.7 Å². The molecule has 7 heteroatoms. The first-order valence-corrected chi connectivity index (χ1v) is 11.5. The molecule has 0 fully saturated rings. The predicted molar refractivity (Wildman–Crippen MR) is 125 cm³/mol. The number of rotatable bonds is 12. The summed E-state index contributed by atoms with van der Waals surface area (Å²) in [5.74, 6) is 1.92. The Labute approximate surface area is 186 Å². The molecule has 0 saturated carbocycles. The Morgan fingerprint density at radius 1 is 1.06 bits per heavy atom. The lowest BCUT2D eigenvalue weighted by Crippen LogP contribution is -2.36.